The lowest BCUT2D eigenvalue weighted by atomic mass is 9.87. The number of amides is 1. The summed E-state index contributed by atoms with van der Waals surface area (Å²) in [5, 5.41) is 0. The Balaban J connectivity index is 1.77. The topological polar surface area (TPSA) is 32.8 Å². The maximum atomic E-state index is 13.1. The standard InChI is InChI=1S/C18H25FN2O2/c1-14(2)10-20-7-8-23-13-18(11-20)9-17(22)21(12-18)16-5-3-15(19)4-6-16/h3-6,14H,7-13H2,1-2H3. The predicted molar refractivity (Wildman–Crippen MR) is 87.9 cm³/mol. The van der Waals surface area contributed by atoms with Crippen molar-refractivity contribution in [2.24, 2.45) is 11.3 Å². The summed E-state index contributed by atoms with van der Waals surface area (Å²) in [5.74, 6) is 0.415. The second-order valence-corrected chi connectivity index (χ2v) is 7.31. The Hall–Kier alpha value is -1.46. The zero-order valence-electron chi connectivity index (χ0n) is 13.9. The molecular formula is C18H25FN2O2. The molecule has 2 fully saturated rings. The van der Waals surface area contributed by atoms with Gasteiger partial charge in [0.1, 0.15) is 5.82 Å². The number of carbonyl (C=O) groups is 1. The normalized spacial score (nSPS) is 26.3. The van der Waals surface area contributed by atoms with Crippen LogP contribution in [-0.4, -0.2) is 50.2 Å². The maximum absolute atomic E-state index is 13.1. The van der Waals surface area contributed by atoms with Crippen molar-refractivity contribution in [1.82, 2.24) is 4.90 Å². The first kappa shape index (κ1) is 16.4. The molecule has 0 radical (unpaired) electrons. The van der Waals surface area contributed by atoms with Gasteiger partial charge in [0.15, 0.2) is 0 Å². The lowest BCUT2D eigenvalue weighted by Gasteiger charge is -2.32. The van der Waals surface area contributed by atoms with E-state index in [1.165, 1.54) is 12.1 Å². The van der Waals surface area contributed by atoms with Gasteiger partial charge in [0.25, 0.3) is 0 Å². The SMILES string of the molecule is CC(C)CN1CCOCC2(CC(=O)N(c3ccc(F)cc3)C2)C1. The van der Waals surface area contributed by atoms with Gasteiger partial charge in [0, 0.05) is 43.7 Å². The maximum Gasteiger partial charge on any atom is 0.227 e. The number of carbonyl (C=O) groups excluding carboxylic acids is 1. The van der Waals surface area contributed by atoms with Crippen LogP contribution in [0.2, 0.25) is 0 Å². The predicted octanol–water partition coefficient (Wildman–Crippen LogP) is 2.54. The summed E-state index contributed by atoms with van der Waals surface area (Å²) in [4.78, 5) is 16.7. The highest BCUT2D eigenvalue weighted by atomic mass is 19.1. The highest BCUT2D eigenvalue weighted by molar-refractivity contribution is 5.96. The number of halogens is 1. The number of hydrogen-bond donors (Lipinski definition) is 0. The molecule has 1 aromatic carbocycles. The van der Waals surface area contributed by atoms with E-state index in [9.17, 15) is 9.18 Å². The van der Waals surface area contributed by atoms with Gasteiger partial charge >= 0.3 is 0 Å². The molecule has 126 valence electrons. The second-order valence-electron chi connectivity index (χ2n) is 7.31. The summed E-state index contributed by atoms with van der Waals surface area (Å²) in [6.07, 6.45) is 0.499. The fourth-order valence-electron chi connectivity index (χ4n) is 3.71. The molecule has 2 saturated heterocycles. The molecule has 1 spiro atoms. The molecular weight excluding hydrogens is 295 g/mol. The fourth-order valence-corrected chi connectivity index (χ4v) is 3.71. The van der Waals surface area contributed by atoms with E-state index < -0.39 is 0 Å². The summed E-state index contributed by atoms with van der Waals surface area (Å²) in [5.41, 5.74) is 0.615. The van der Waals surface area contributed by atoms with Crippen molar-refractivity contribution in [3.8, 4) is 0 Å². The first-order valence-corrected chi connectivity index (χ1v) is 8.33. The largest absolute Gasteiger partial charge is 0.379 e. The smallest absolute Gasteiger partial charge is 0.227 e. The quantitative estimate of drug-likeness (QED) is 0.858. The van der Waals surface area contributed by atoms with Crippen LogP contribution in [0.25, 0.3) is 0 Å². The van der Waals surface area contributed by atoms with Crippen molar-refractivity contribution >= 4 is 11.6 Å². The minimum Gasteiger partial charge on any atom is -0.379 e. The van der Waals surface area contributed by atoms with Gasteiger partial charge in [-0.2, -0.15) is 0 Å². The number of nitrogens with zero attached hydrogens (tertiary/aromatic N) is 2. The van der Waals surface area contributed by atoms with Crippen LogP contribution in [0.15, 0.2) is 24.3 Å². The van der Waals surface area contributed by atoms with E-state index in [1.807, 2.05) is 0 Å². The Morgan fingerprint density at radius 3 is 2.70 bits per heavy atom. The van der Waals surface area contributed by atoms with Gasteiger partial charge in [-0.05, 0) is 30.2 Å². The first-order chi connectivity index (χ1) is 11.0. The lowest BCUT2D eigenvalue weighted by molar-refractivity contribution is -0.118. The van der Waals surface area contributed by atoms with Crippen molar-refractivity contribution in [3.63, 3.8) is 0 Å². The Kier molecular flexibility index (Phi) is 4.69. The Morgan fingerprint density at radius 2 is 2.00 bits per heavy atom. The number of anilines is 1. The molecule has 0 aromatic heterocycles. The van der Waals surface area contributed by atoms with Gasteiger partial charge in [-0.3, -0.25) is 4.79 Å². The molecule has 0 N–H and O–H groups in total. The fraction of sp³-hybridized carbons (Fsp3) is 0.611. The highest BCUT2D eigenvalue weighted by Crippen LogP contribution is 2.37. The van der Waals surface area contributed by atoms with Crippen LogP contribution in [0.3, 0.4) is 0 Å². The number of rotatable bonds is 3. The number of ether oxygens (including phenoxy) is 1. The van der Waals surface area contributed by atoms with Crippen LogP contribution < -0.4 is 4.90 Å². The molecule has 4 nitrogen and oxygen atoms in total. The molecule has 2 aliphatic rings. The van der Waals surface area contributed by atoms with Crippen molar-refractivity contribution in [2.75, 3.05) is 44.3 Å². The van der Waals surface area contributed by atoms with Crippen LogP contribution in [-0.2, 0) is 9.53 Å². The zero-order chi connectivity index (χ0) is 16.4. The summed E-state index contributed by atoms with van der Waals surface area (Å²) < 4.78 is 18.9. The van der Waals surface area contributed by atoms with Crippen LogP contribution in [0, 0.1) is 17.2 Å². The van der Waals surface area contributed by atoms with Gasteiger partial charge in [0.05, 0.1) is 13.2 Å². The third-order valence-electron chi connectivity index (χ3n) is 4.60. The average Bonchev–Trinajstić information content (AvgIpc) is 2.68. The van der Waals surface area contributed by atoms with Crippen LogP contribution in [0.4, 0.5) is 10.1 Å². The molecule has 0 aliphatic carbocycles. The molecule has 2 aliphatic heterocycles. The van der Waals surface area contributed by atoms with E-state index >= 15 is 0 Å². The van der Waals surface area contributed by atoms with Crippen molar-refractivity contribution in [3.05, 3.63) is 30.1 Å². The molecule has 0 saturated carbocycles. The first-order valence-electron chi connectivity index (χ1n) is 8.33. The van der Waals surface area contributed by atoms with E-state index in [-0.39, 0.29) is 17.1 Å². The average molecular weight is 320 g/mol. The third-order valence-corrected chi connectivity index (χ3v) is 4.60. The second kappa shape index (κ2) is 6.57. The van der Waals surface area contributed by atoms with Gasteiger partial charge < -0.3 is 14.5 Å². The van der Waals surface area contributed by atoms with E-state index in [4.69, 9.17) is 4.74 Å². The van der Waals surface area contributed by atoms with E-state index in [1.54, 1.807) is 17.0 Å². The van der Waals surface area contributed by atoms with Gasteiger partial charge in [-0.25, -0.2) is 4.39 Å². The monoisotopic (exact) mass is 320 g/mol. The highest BCUT2D eigenvalue weighted by Gasteiger charge is 2.45. The van der Waals surface area contributed by atoms with Gasteiger partial charge in [0.2, 0.25) is 5.91 Å². The number of hydrogen-bond acceptors (Lipinski definition) is 3. The van der Waals surface area contributed by atoms with Gasteiger partial charge in [-0.1, -0.05) is 13.8 Å². The Bertz CT molecular complexity index is 561. The Labute approximate surface area is 137 Å². The van der Waals surface area contributed by atoms with Crippen molar-refractivity contribution < 1.29 is 13.9 Å². The number of benzene rings is 1. The lowest BCUT2D eigenvalue weighted by Crippen LogP contribution is -2.42. The van der Waals surface area contributed by atoms with Crippen molar-refractivity contribution in [2.45, 2.75) is 20.3 Å². The van der Waals surface area contributed by atoms with Crippen molar-refractivity contribution in [1.29, 1.82) is 0 Å². The van der Waals surface area contributed by atoms with Crippen LogP contribution in [0.1, 0.15) is 20.3 Å². The van der Waals surface area contributed by atoms with Gasteiger partial charge in [-0.15, -0.1) is 0 Å². The molecule has 3 rings (SSSR count). The zero-order valence-corrected chi connectivity index (χ0v) is 13.9. The molecule has 1 atom stereocenters. The minimum atomic E-state index is -0.281. The van der Waals surface area contributed by atoms with E-state index in [0.717, 1.165) is 31.9 Å². The van der Waals surface area contributed by atoms with E-state index in [2.05, 4.69) is 18.7 Å². The summed E-state index contributed by atoms with van der Waals surface area (Å²) in [6.45, 7) is 9.23. The minimum absolute atomic E-state index is 0.103. The summed E-state index contributed by atoms with van der Waals surface area (Å²) >= 11 is 0. The molecule has 1 unspecified atom stereocenters. The Morgan fingerprint density at radius 1 is 1.26 bits per heavy atom. The van der Waals surface area contributed by atoms with E-state index in [0.29, 0.717) is 25.5 Å². The molecule has 0 bridgehead atoms. The van der Waals surface area contributed by atoms with Crippen LogP contribution in [0.5, 0.6) is 0 Å². The molecule has 5 heteroatoms. The third kappa shape index (κ3) is 3.72. The summed E-state index contributed by atoms with van der Waals surface area (Å²) in [7, 11) is 0. The molecule has 2 heterocycles. The molecule has 1 aromatic rings. The molecule has 1 amide bonds. The summed E-state index contributed by atoms with van der Waals surface area (Å²) in [6, 6.07) is 6.16. The van der Waals surface area contributed by atoms with Crippen LogP contribution >= 0.6 is 0 Å². The molecule has 23 heavy (non-hydrogen) atoms.